The Labute approximate surface area is 176 Å². The number of benzene rings is 1. The van der Waals surface area contributed by atoms with Gasteiger partial charge in [0.1, 0.15) is 12.4 Å². The van der Waals surface area contributed by atoms with Gasteiger partial charge < -0.3 is 31.0 Å². The maximum Gasteiger partial charge on any atom is 0.336 e. The first kappa shape index (κ1) is 21.4. The van der Waals surface area contributed by atoms with Gasteiger partial charge >= 0.3 is 5.97 Å². The van der Waals surface area contributed by atoms with Crippen LogP contribution in [0.2, 0.25) is 0 Å². The van der Waals surface area contributed by atoms with Gasteiger partial charge in [-0.05, 0) is 32.4 Å². The van der Waals surface area contributed by atoms with Crippen LogP contribution in [-0.4, -0.2) is 37.8 Å². The molecule has 8 nitrogen and oxygen atoms in total. The predicted octanol–water partition coefficient (Wildman–Crippen LogP) is 2.71. The summed E-state index contributed by atoms with van der Waals surface area (Å²) in [7, 11) is 1.57. The van der Waals surface area contributed by atoms with Crippen molar-refractivity contribution in [2.75, 3.05) is 37.9 Å². The highest BCUT2D eigenvalue weighted by molar-refractivity contribution is 5.95. The van der Waals surface area contributed by atoms with Gasteiger partial charge in [-0.15, -0.1) is 0 Å². The number of allylic oxidation sites excluding steroid dienone is 1. The lowest BCUT2D eigenvalue weighted by Gasteiger charge is -2.32. The molecular formula is C22H28N4O4. The number of nitrogens with one attached hydrogen (secondary N) is 1. The second kappa shape index (κ2) is 9.04. The SMILES string of the molecule is CCOc1ncc(C)c2c1C(c1ccc(N)cc1OC)C(C(=O)OCCN)=C(C)N2. The van der Waals surface area contributed by atoms with Crippen molar-refractivity contribution in [3.8, 4) is 11.6 Å². The summed E-state index contributed by atoms with van der Waals surface area (Å²) in [4.78, 5) is 17.6. The van der Waals surface area contributed by atoms with Crippen LogP contribution in [0.4, 0.5) is 11.4 Å². The van der Waals surface area contributed by atoms with Crippen LogP contribution in [0.25, 0.3) is 0 Å². The minimum absolute atomic E-state index is 0.123. The summed E-state index contributed by atoms with van der Waals surface area (Å²) < 4.78 is 16.9. The second-order valence-electron chi connectivity index (χ2n) is 6.99. The van der Waals surface area contributed by atoms with Gasteiger partial charge in [-0.1, -0.05) is 6.07 Å². The number of ether oxygens (including phenoxy) is 3. The van der Waals surface area contributed by atoms with Crippen molar-refractivity contribution < 1.29 is 19.0 Å². The summed E-state index contributed by atoms with van der Waals surface area (Å²) in [5.74, 6) is 0.0415. The normalized spacial score (nSPS) is 15.3. The van der Waals surface area contributed by atoms with E-state index in [4.69, 9.17) is 25.7 Å². The van der Waals surface area contributed by atoms with E-state index in [1.807, 2.05) is 26.8 Å². The van der Waals surface area contributed by atoms with Crippen LogP contribution in [0.15, 0.2) is 35.7 Å². The number of anilines is 2. The van der Waals surface area contributed by atoms with Crippen molar-refractivity contribution in [1.29, 1.82) is 0 Å². The Bertz CT molecular complexity index is 987. The number of methoxy groups -OCH3 is 1. The lowest BCUT2D eigenvalue weighted by molar-refractivity contribution is -0.139. The van der Waals surface area contributed by atoms with Crippen LogP contribution in [0.3, 0.4) is 0 Å². The number of nitrogens with zero attached hydrogens (tertiary/aromatic N) is 1. The van der Waals surface area contributed by atoms with E-state index in [2.05, 4.69) is 10.3 Å². The summed E-state index contributed by atoms with van der Waals surface area (Å²) in [5.41, 5.74) is 16.5. The highest BCUT2D eigenvalue weighted by Gasteiger charge is 2.38. The fourth-order valence-corrected chi connectivity index (χ4v) is 3.69. The van der Waals surface area contributed by atoms with Gasteiger partial charge in [-0.2, -0.15) is 0 Å². The van der Waals surface area contributed by atoms with Crippen LogP contribution >= 0.6 is 0 Å². The first-order valence-electron chi connectivity index (χ1n) is 9.83. The average Bonchev–Trinajstić information content (AvgIpc) is 2.73. The molecule has 8 heteroatoms. The highest BCUT2D eigenvalue weighted by atomic mass is 16.5. The Morgan fingerprint density at radius 3 is 2.73 bits per heavy atom. The number of hydrogen-bond acceptors (Lipinski definition) is 8. The number of aryl methyl sites for hydroxylation is 1. The van der Waals surface area contributed by atoms with E-state index in [1.54, 1.807) is 25.4 Å². The summed E-state index contributed by atoms with van der Waals surface area (Å²) in [6, 6.07) is 5.37. The van der Waals surface area contributed by atoms with Gasteiger partial charge in [0.25, 0.3) is 0 Å². The van der Waals surface area contributed by atoms with Crippen LogP contribution < -0.4 is 26.3 Å². The number of aromatic nitrogens is 1. The van der Waals surface area contributed by atoms with E-state index >= 15 is 0 Å². The third-order valence-corrected chi connectivity index (χ3v) is 4.98. The highest BCUT2D eigenvalue weighted by Crippen LogP contribution is 2.49. The molecule has 0 fully saturated rings. The summed E-state index contributed by atoms with van der Waals surface area (Å²) in [6.07, 6.45) is 1.75. The molecule has 1 aliphatic heterocycles. The molecular weight excluding hydrogens is 384 g/mol. The van der Waals surface area contributed by atoms with E-state index in [9.17, 15) is 4.79 Å². The number of pyridine rings is 1. The molecule has 2 heterocycles. The molecule has 3 rings (SSSR count). The number of fused-ring (bicyclic) bond motifs is 1. The molecule has 0 amide bonds. The molecule has 160 valence electrons. The fraction of sp³-hybridized carbons (Fsp3) is 0.364. The molecule has 0 aliphatic carbocycles. The molecule has 30 heavy (non-hydrogen) atoms. The van der Waals surface area contributed by atoms with Crippen molar-refractivity contribution in [2.24, 2.45) is 5.73 Å². The third kappa shape index (κ3) is 3.91. The summed E-state index contributed by atoms with van der Waals surface area (Å²) >= 11 is 0. The molecule has 0 spiro atoms. The van der Waals surface area contributed by atoms with Crippen molar-refractivity contribution in [3.05, 3.63) is 52.4 Å². The molecule has 0 saturated carbocycles. The van der Waals surface area contributed by atoms with Crippen molar-refractivity contribution in [2.45, 2.75) is 26.7 Å². The standard InChI is InChI=1S/C22H28N4O4/c1-5-29-21-19-18(15-7-6-14(24)10-16(15)28-4)17(22(27)30-9-8-23)13(3)26-20(19)12(2)11-25-21/h6-7,10-11,18,26H,5,8-9,23-24H2,1-4H3. The van der Waals surface area contributed by atoms with Gasteiger partial charge in [-0.25, -0.2) is 9.78 Å². The minimum Gasteiger partial charge on any atom is -0.496 e. The number of carbonyl (C=O) groups excluding carboxylic acids is 1. The first-order chi connectivity index (χ1) is 14.4. The summed E-state index contributed by atoms with van der Waals surface area (Å²) in [5, 5.41) is 3.34. The molecule has 1 aromatic heterocycles. The number of esters is 1. The monoisotopic (exact) mass is 412 g/mol. The summed E-state index contributed by atoms with van der Waals surface area (Å²) in [6.45, 7) is 6.49. The third-order valence-electron chi connectivity index (χ3n) is 4.98. The maximum atomic E-state index is 13.1. The van der Waals surface area contributed by atoms with Crippen molar-refractivity contribution in [1.82, 2.24) is 4.98 Å². The molecule has 0 radical (unpaired) electrons. The predicted molar refractivity (Wildman–Crippen MR) is 116 cm³/mol. The van der Waals surface area contributed by atoms with Crippen molar-refractivity contribution >= 4 is 17.3 Å². The molecule has 1 aliphatic rings. The number of hydrogen-bond donors (Lipinski definition) is 3. The van der Waals surface area contributed by atoms with Gasteiger partial charge in [0, 0.05) is 35.8 Å². The van der Waals surface area contributed by atoms with E-state index in [-0.39, 0.29) is 13.2 Å². The van der Waals surface area contributed by atoms with Gasteiger partial charge in [0.2, 0.25) is 5.88 Å². The molecule has 1 atom stereocenters. The van der Waals surface area contributed by atoms with Crippen molar-refractivity contribution in [3.63, 3.8) is 0 Å². The zero-order valence-electron chi connectivity index (χ0n) is 17.7. The lowest BCUT2D eigenvalue weighted by atomic mass is 9.80. The molecule has 5 N–H and O–H groups in total. The molecule has 0 bridgehead atoms. The number of nitrogens with two attached hydrogens (primary N) is 2. The van der Waals surface area contributed by atoms with Crippen LogP contribution in [0.1, 0.15) is 36.5 Å². The van der Waals surface area contributed by atoms with Crippen LogP contribution in [0.5, 0.6) is 11.6 Å². The van der Waals surface area contributed by atoms with Gasteiger partial charge in [-0.3, -0.25) is 0 Å². The number of nitrogen functional groups attached to an aromatic ring is 1. The Kier molecular flexibility index (Phi) is 6.47. The average molecular weight is 412 g/mol. The smallest absolute Gasteiger partial charge is 0.336 e. The van der Waals surface area contributed by atoms with E-state index < -0.39 is 11.9 Å². The molecule has 2 aromatic rings. The molecule has 1 aromatic carbocycles. The Balaban J connectivity index is 2.30. The zero-order chi connectivity index (χ0) is 21.8. The molecule has 1 unspecified atom stereocenters. The Morgan fingerprint density at radius 1 is 1.30 bits per heavy atom. The van der Waals surface area contributed by atoms with Crippen LogP contribution in [-0.2, 0) is 9.53 Å². The maximum absolute atomic E-state index is 13.1. The van der Waals surface area contributed by atoms with Crippen LogP contribution in [0, 0.1) is 6.92 Å². The Hall–Kier alpha value is -3.26. The number of rotatable bonds is 7. The number of carbonyl (C=O) groups is 1. The van der Waals surface area contributed by atoms with E-state index in [1.165, 1.54) is 0 Å². The minimum atomic E-state index is -0.518. The van der Waals surface area contributed by atoms with E-state index in [0.29, 0.717) is 35.2 Å². The largest absolute Gasteiger partial charge is 0.496 e. The zero-order valence-corrected chi connectivity index (χ0v) is 17.7. The van der Waals surface area contributed by atoms with E-state index in [0.717, 1.165) is 22.4 Å². The quantitative estimate of drug-likeness (QED) is 0.469. The topological polar surface area (TPSA) is 122 Å². The first-order valence-corrected chi connectivity index (χ1v) is 9.83. The molecule has 0 saturated heterocycles. The Morgan fingerprint density at radius 2 is 2.07 bits per heavy atom. The lowest BCUT2D eigenvalue weighted by Crippen LogP contribution is -2.27. The fourth-order valence-electron chi connectivity index (χ4n) is 3.69. The second-order valence-corrected chi connectivity index (χ2v) is 6.99. The van der Waals surface area contributed by atoms with Gasteiger partial charge in [0.05, 0.1) is 36.5 Å². The van der Waals surface area contributed by atoms with Gasteiger partial charge in [0.15, 0.2) is 0 Å².